The van der Waals surface area contributed by atoms with E-state index >= 15 is 0 Å². The molecule has 0 radical (unpaired) electrons. The van der Waals surface area contributed by atoms with Crippen LogP contribution in [0.1, 0.15) is 187 Å². The Bertz CT molecular complexity index is 628. The first-order valence-electron chi connectivity index (χ1n) is 19.7. The molecule has 0 atom stereocenters. The summed E-state index contributed by atoms with van der Waals surface area (Å²) in [5.74, 6) is -0.00457. The second kappa shape index (κ2) is 35.7. The van der Waals surface area contributed by atoms with E-state index in [0.29, 0.717) is 26.1 Å². The first-order valence-corrected chi connectivity index (χ1v) is 19.7. The molecule has 0 aliphatic rings. The first-order chi connectivity index (χ1) is 22.0. The lowest BCUT2D eigenvalue weighted by atomic mass is 10.1. The van der Waals surface area contributed by atoms with Gasteiger partial charge in [-0.3, -0.25) is 9.59 Å². The van der Waals surface area contributed by atoms with Gasteiger partial charge in [0.15, 0.2) is 0 Å². The van der Waals surface area contributed by atoms with Gasteiger partial charge in [0.05, 0.1) is 13.2 Å². The van der Waals surface area contributed by atoms with Gasteiger partial charge < -0.3 is 19.3 Å². The van der Waals surface area contributed by atoms with Crippen molar-refractivity contribution in [2.75, 3.05) is 53.5 Å². The maximum Gasteiger partial charge on any atom is 0.305 e. The van der Waals surface area contributed by atoms with Gasteiger partial charge in [-0.15, -0.1) is 0 Å². The van der Waals surface area contributed by atoms with Gasteiger partial charge in [-0.1, -0.05) is 136 Å². The Morgan fingerprint density at radius 3 is 1.11 bits per heavy atom. The fourth-order valence-corrected chi connectivity index (χ4v) is 5.76. The lowest BCUT2D eigenvalue weighted by Crippen LogP contribution is -2.33. The lowest BCUT2D eigenvalue weighted by molar-refractivity contribution is -0.144. The number of hydrogen-bond acceptors (Lipinski definition) is 6. The third kappa shape index (κ3) is 35.6. The van der Waals surface area contributed by atoms with Crippen molar-refractivity contribution in [1.82, 2.24) is 9.80 Å². The molecule has 0 unspecified atom stereocenters. The van der Waals surface area contributed by atoms with Crippen LogP contribution in [0, 0.1) is 0 Å². The fourth-order valence-electron chi connectivity index (χ4n) is 5.76. The second-order valence-electron chi connectivity index (χ2n) is 13.7. The second-order valence-corrected chi connectivity index (χ2v) is 13.7. The summed E-state index contributed by atoms with van der Waals surface area (Å²) >= 11 is 0. The monoisotopic (exact) mass is 639 g/mol. The quantitative estimate of drug-likeness (QED) is 0.0503. The van der Waals surface area contributed by atoms with Crippen LogP contribution in [0.2, 0.25) is 0 Å². The van der Waals surface area contributed by atoms with Crippen LogP contribution < -0.4 is 0 Å². The molecule has 0 fully saturated rings. The van der Waals surface area contributed by atoms with E-state index in [2.05, 4.69) is 37.7 Å². The Kier molecular flexibility index (Phi) is 34.8. The van der Waals surface area contributed by atoms with Gasteiger partial charge in [0.2, 0.25) is 0 Å². The predicted molar refractivity (Wildman–Crippen MR) is 193 cm³/mol. The highest BCUT2D eigenvalue weighted by Crippen LogP contribution is 2.13. The minimum Gasteiger partial charge on any atom is -0.466 e. The molecule has 0 N–H and O–H groups in total. The number of rotatable bonds is 36. The smallest absolute Gasteiger partial charge is 0.305 e. The molecule has 0 saturated heterocycles. The summed E-state index contributed by atoms with van der Waals surface area (Å²) in [7, 11) is 4.34. The standard InChI is InChI=1S/C39H78N2O4/c1-5-7-9-11-23-29-37-45-39(43)31-25-19-15-13-17-21-27-33-41(35-34-40(3)4)32-26-20-16-12-14-18-24-30-38(42)44-36-28-22-10-8-6-2/h5-37H2,1-4H3. The number of nitrogens with zero attached hydrogens (tertiary/aromatic N) is 2. The largest absolute Gasteiger partial charge is 0.466 e. The summed E-state index contributed by atoms with van der Waals surface area (Å²) in [6.07, 6.45) is 31.6. The highest BCUT2D eigenvalue weighted by molar-refractivity contribution is 5.69. The average Bonchev–Trinajstić information content (AvgIpc) is 3.02. The molecule has 268 valence electrons. The van der Waals surface area contributed by atoms with Crippen molar-refractivity contribution in [3.05, 3.63) is 0 Å². The van der Waals surface area contributed by atoms with Crippen molar-refractivity contribution in [2.24, 2.45) is 0 Å². The Balaban J connectivity index is 3.68. The number of hydrogen-bond donors (Lipinski definition) is 0. The van der Waals surface area contributed by atoms with Crippen LogP contribution in [0.3, 0.4) is 0 Å². The predicted octanol–water partition coefficient (Wildman–Crippen LogP) is 10.5. The third-order valence-electron chi connectivity index (χ3n) is 8.85. The van der Waals surface area contributed by atoms with E-state index < -0.39 is 0 Å². The van der Waals surface area contributed by atoms with E-state index in [-0.39, 0.29) is 11.9 Å². The normalized spacial score (nSPS) is 11.5. The van der Waals surface area contributed by atoms with Crippen LogP contribution in [0.4, 0.5) is 0 Å². The zero-order chi connectivity index (χ0) is 33.1. The van der Waals surface area contributed by atoms with Crippen LogP contribution in [0.5, 0.6) is 0 Å². The van der Waals surface area contributed by atoms with Crippen molar-refractivity contribution in [1.29, 1.82) is 0 Å². The van der Waals surface area contributed by atoms with Gasteiger partial charge in [-0.05, 0) is 65.7 Å². The molecule has 0 bridgehead atoms. The minimum atomic E-state index is -0.00359. The summed E-state index contributed by atoms with van der Waals surface area (Å²) in [6, 6.07) is 0. The van der Waals surface area contributed by atoms with Crippen LogP contribution in [-0.2, 0) is 19.1 Å². The topological polar surface area (TPSA) is 59.1 Å². The van der Waals surface area contributed by atoms with Gasteiger partial charge >= 0.3 is 11.9 Å². The Labute approximate surface area is 281 Å². The molecule has 0 aromatic rings. The van der Waals surface area contributed by atoms with Gasteiger partial charge in [0.1, 0.15) is 0 Å². The summed E-state index contributed by atoms with van der Waals surface area (Å²) in [5, 5.41) is 0. The zero-order valence-corrected chi connectivity index (χ0v) is 30.9. The van der Waals surface area contributed by atoms with E-state index in [0.717, 1.165) is 51.6 Å². The van der Waals surface area contributed by atoms with E-state index in [4.69, 9.17) is 9.47 Å². The van der Waals surface area contributed by atoms with E-state index in [1.54, 1.807) is 0 Å². The first kappa shape index (κ1) is 43.9. The lowest BCUT2D eigenvalue weighted by Gasteiger charge is -2.24. The molecule has 6 heteroatoms. The zero-order valence-electron chi connectivity index (χ0n) is 30.9. The molecule has 0 heterocycles. The molecule has 0 spiro atoms. The molecule has 0 rings (SSSR count). The number of unbranched alkanes of at least 4 members (excludes halogenated alkanes) is 21. The van der Waals surface area contributed by atoms with Gasteiger partial charge in [0, 0.05) is 25.9 Å². The molecular weight excluding hydrogens is 560 g/mol. The average molecular weight is 639 g/mol. The minimum absolute atomic E-state index is 0.000975. The molecule has 0 saturated carbocycles. The summed E-state index contributed by atoms with van der Waals surface area (Å²) in [5.41, 5.74) is 0. The third-order valence-corrected chi connectivity index (χ3v) is 8.85. The Hall–Kier alpha value is -1.14. The highest BCUT2D eigenvalue weighted by Gasteiger charge is 2.07. The Morgan fingerprint density at radius 2 is 0.733 bits per heavy atom. The van der Waals surface area contributed by atoms with Crippen molar-refractivity contribution >= 4 is 11.9 Å². The summed E-state index contributed by atoms with van der Waals surface area (Å²) < 4.78 is 10.8. The maximum absolute atomic E-state index is 11.9. The van der Waals surface area contributed by atoms with Crippen molar-refractivity contribution in [3.63, 3.8) is 0 Å². The van der Waals surface area contributed by atoms with E-state index in [9.17, 15) is 9.59 Å². The molecule has 0 aromatic carbocycles. The van der Waals surface area contributed by atoms with Crippen LogP contribution in [0.15, 0.2) is 0 Å². The molecule has 0 aliphatic carbocycles. The summed E-state index contributed by atoms with van der Waals surface area (Å²) in [4.78, 5) is 28.7. The van der Waals surface area contributed by atoms with Crippen molar-refractivity contribution < 1.29 is 19.1 Å². The maximum atomic E-state index is 11.9. The number of ether oxygens (including phenoxy) is 2. The fraction of sp³-hybridized carbons (Fsp3) is 0.949. The highest BCUT2D eigenvalue weighted by atomic mass is 16.5. The van der Waals surface area contributed by atoms with Crippen LogP contribution in [-0.4, -0.2) is 75.2 Å². The van der Waals surface area contributed by atoms with Crippen molar-refractivity contribution in [2.45, 2.75) is 187 Å². The number of carbonyl (C=O) groups excluding carboxylic acids is 2. The van der Waals surface area contributed by atoms with Gasteiger partial charge in [-0.25, -0.2) is 0 Å². The number of esters is 2. The van der Waals surface area contributed by atoms with Crippen molar-refractivity contribution in [3.8, 4) is 0 Å². The Morgan fingerprint density at radius 1 is 0.400 bits per heavy atom. The molecule has 0 aliphatic heterocycles. The molecule has 45 heavy (non-hydrogen) atoms. The SMILES string of the molecule is CCCCCCCCOC(=O)CCCCCCCCCN(CCCCCCCCCC(=O)OCCCCCCC)CCN(C)C. The molecule has 0 aromatic heterocycles. The van der Waals surface area contributed by atoms with Gasteiger partial charge in [0.25, 0.3) is 0 Å². The molecular formula is C39H78N2O4. The molecule has 6 nitrogen and oxygen atoms in total. The van der Waals surface area contributed by atoms with Gasteiger partial charge in [-0.2, -0.15) is 0 Å². The number of likely N-dealkylation sites (N-methyl/N-ethyl adjacent to an activating group) is 1. The van der Waals surface area contributed by atoms with Crippen LogP contribution >= 0.6 is 0 Å². The summed E-state index contributed by atoms with van der Waals surface area (Å²) in [6.45, 7) is 10.4. The van der Waals surface area contributed by atoms with Crippen LogP contribution in [0.25, 0.3) is 0 Å². The van der Waals surface area contributed by atoms with E-state index in [1.165, 1.54) is 135 Å². The van der Waals surface area contributed by atoms with E-state index in [1.807, 2.05) is 0 Å². The number of carbonyl (C=O) groups is 2. The molecule has 0 amide bonds.